The van der Waals surface area contributed by atoms with Gasteiger partial charge in [0.25, 0.3) is 5.56 Å². The van der Waals surface area contributed by atoms with Crippen LogP contribution < -0.4 is 10.3 Å². The monoisotopic (exact) mass is 400 g/mol. The van der Waals surface area contributed by atoms with Gasteiger partial charge in [-0.25, -0.2) is 4.98 Å². The summed E-state index contributed by atoms with van der Waals surface area (Å²) in [5.74, 6) is 2.16. The van der Waals surface area contributed by atoms with E-state index < -0.39 is 0 Å². The van der Waals surface area contributed by atoms with E-state index in [1.807, 2.05) is 35.9 Å². The first-order valence-electron chi connectivity index (χ1n) is 8.08. The first kappa shape index (κ1) is 17.7. The number of aromatic nitrogens is 6. The third kappa shape index (κ3) is 3.45. The first-order chi connectivity index (χ1) is 13.0. The maximum Gasteiger partial charge on any atom is 0.275 e. The Balaban J connectivity index is 1.54. The summed E-state index contributed by atoms with van der Waals surface area (Å²) in [6.45, 7) is 1.80. The fraction of sp³-hybridized carbons (Fsp3) is 0.235. The highest BCUT2D eigenvalue weighted by Gasteiger charge is 2.14. The van der Waals surface area contributed by atoms with E-state index in [0.717, 1.165) is 27.3 Å². The SMILES string of the molecule is COc1ccc(-c2nnc(SCc3nn4c(=O)cc(C)nc4s3)n2C)cc1. The summed E-state index contributed by atoms with van der Waals surface area (Å²) >= 11 is 2.92. The quantitative estimate of drug-likeness (QED) is 0.476. The maximum absolute atomic E-state index is 12.0. The molecule has 0 atom stereocenters. The van der Waals surface area contributed by atoms with E-state index >= 15 is 0 Å². The minimum absolute atomic E-state index is 0.162. The molecule has 3 aromatic heterocycles. The molecule has 3 heterocycles. The van der Waals surface area contributed by atoms with Crippen molar-refractivity contribution in [1.82, 2.24) is 29.4 Å². The summed E-state index contributed by atoms with van der Waals surface area (Å²) in [5, 5.41) is 14.5. The Morgan fingerprint density at radius 2 is 2.00 bits per heavy atom. The Morgan fingerprint density at radius 1 is 1.22 bits per heavy atom. The van der Waals surface area contributed by atoms with Crippen molar-refractivity contribution in [3.63, 3.8) is 0 Å². The fourth-order valence-electron chi connectivity index (χ4n) is 2.58. The third-order valence-electron chi connectivity index (χ3n) is 3.92. The number of nitrogens with zero attached hydrogens (tertiary/aromatic N) is 6. The van der Waals surface area contributed by atoms with Gasteiger partial charge in [0.05, 0.1) is 12.9 Å². The lowest BCUT2D eigenvalue weighted by atomic mass is 10.2. The molecule has 0 bridgehead atoms. The van der Waals surface area contributed by atoms with Gasteiger partial charge in [0.1, 0.15) is 10.8 Å². The van der Waals surface area contributed by atoms with E-state index in [1.54, 1.807) is 14.0 Å². The molecule has 0 aliphatic rings. The van der Waals surface area contributed by atoms with Crippen LogP contribution in [0.1, 0.15) is 10.7 Å². The molecule has 0 amide bonds. The molecule has 4 aromatic rings. The lowest BCUT2D eigenvalue weighted by Crippen LogP contribution is -2.14. The standard InChI is InChI=1S/C17H16N6O2S2/c1-10-8-14(24)23-16(18-10)27-13(21-23)9-26-17-20-19-15(22(17)2)11-4-6-12(25-3)7-5-11/h4-8H,9H2,1-3H3. The Morgan fingerprint density at radius 3 is 2.74 bits per heavy atom. The van der Waals surface area contributed by atoms with Crippen LogP contribution in [0.2, 0.25) is 0 Å². The summed E-state index contributed by atoms with van der Waals surface area (Å²) in [6, 6.07) is 9.17. The Labute approximate surface area is 162 Å². The summed E-state index contributed by atoms with van der Waals surface area (Å²) < 4.78 is 8.47. The molecule has 0 spiro atoms. The van der Waals surface area contributed by atoms with Crippen LogP contribution in [-0.4, -0.2) is 36.5 Å². The van der Waals surface area contributed by atoms with Crippen LogP contribution >= 0.6 is 23.1 Å². The van der Waals surface area contributed by atoms with E-state index in [0.29, 0.717) is 16.4 Å². The van der Waals surface area contributed by atoms with Crippen molar-refractivity contribution in [2.45, 2.75) is 17.8 Å². The second-order valence-electron chi connectivity index (χ2n) is 5.81. The molecule has 0 fully saturated rings. The molecule has 27 heavy (non-hydrogen) atoms. The molecule has 0 aliphatic carbocycles. The number of rotatable bonds is 5. The van der Waals surface area contributed by atoms with Gasteiger partial charge in [-0.2, -0.15) is 9.61 Å². The third-order valence-corrected chi connectivity index (χ3v) is 6.05. The van der Waals surface area contributed by atoms with Gasteiger partial charge in [0.2, 0.25) is 4.96 Å². The van der Waals surface area contributed by atoms with Crippen LogP contribution in [-0.2, 0) is 12.8 Å². The molecular weight excluding hydrogens is 384 g/mol. The first-order valence-corrected chi connectivity index (χ1v) is 9.88. The van der Waals surface area contributed by atoms with Crippen molar-refractivity contribution >= 4 is 28.1 Å². The van der Waals surface area contributed by atoms with Gasteiger partial charge < -0.3 is 9.30 Å². The van der Waals surface area contributed by atoms with Crippen LogP contribution in [0.25, 0.3) is 16.3 Å². The molecule has 0 saturated heterocycles. The molecular formula is C17H16N6O2S2. The average Bonchev–Trinajstić information content (AvgIpc) is 3.23. The minimum Gasteiger partial charge on any atom is -0.497 e. The van der Waals surface area contributed by atoms with E-state index in [9.17, 15) is 4.79 Å². The van der Waals surface area contributed by atoms with Crippen LogP contribution in [0.4, 0.5) is 0 Å². The van der Waals surface area contributed by atoms with Crippen molar-refractivity contribution in [2.24, 2.45) is 7.05 Å². The van der Waals surface area contributed by atoms with Crippen LogP contribution in [0.15, 0.2) is 40.3 Å². The molecule has 10 heteroatoms. The van der Waals surface area contributed by atoms with Crippen molar-refractivity contribution in [3.8, 4) is 17.1 Å². The Bertz CT molecular complexity index is 1160. The number of fused-ring (bicyclic) bond motifs is 1. The summed E-state index contributed by atoms with van der Waals surface area (Å²) in [5.41, 5.74) is 1.50. The van der Waals surface area contributed by atoms with E-state index in [-0.39, 0.29) is 5.56 Å². The lowest BCUT2D eigenvalue weighted by molar-refractivity contribution is 0.415. The largest absolute Gasteiger partial charge is 0.497 e. The number of hydrogen-bond acceptors (Lipinski definition) is 8. The number of benzene rings is 1. The Kier molecular flexibility index (Phi) is 4.66. The van der Waals surface area contributed by atoms with E-state index in [2.05, 4.69) is 20.3 Å². The van der Waals surface area contributed by atoms with Gasteiger partial charge in [0, 0.05) is 24.4 Å². The average molecular weight is 400 g/mol. The molecule has 4 rings (SSSR count). The van der Waals surface area contributed by atoms with Crippen molar-refractivity contribution in [3.05, 3.63) is 51.4 Å². The zero-order valence-corrected chi connectivity index (χ0v) is 16.5. The molecule has 1 aromatic carbocycles. The lowest BCUT2D eigenvalue weighted by Gasteiger charge is -2.04. The van der Waals surface area contributed by atoms with Gasteiger partial charge in [-0.1, -0.05) is 23.1 Å². The number of hydrogen-bond donors (Lipinski definition) is 0. The van der Waals surface area contributed by atoms with E-state index in [4.69, 9.17) is 4.74 Å². The summed E-state index contributed by atoms with van der Waals surface area (Å²) in [7, 11) is 3.56. The van der Waals surface area contributed by atoms with Crippen molar-refractivity contribution < 1.29 is 4.74 Å². The minimum atomic E-state index is -0.162. The van der Waals surface area contributed by atoms with Crippen LogP contribution in [0, 0.1) is 6.92 Å². The predicted octanol–water partition coefficient (Wildman–Crippen LogP) is 2.56. The molecule has 0 N–H and O–H groups in total. The van der Waals surface area contributed by atoms with Gasteiger partial charge in [0.15, 0.2) is 11.0 Å². The predicted molar refractivity (Wildman–Crippen MR) is 104 cm³/mol. The van der Waals surface area contributed by atoms with Gasteiger partial charge >= 0.3 is 0 Å². The van der Waals surface area contributed by atoms with Crippen molar-refractivity contribution in [2.75, 3.05) is 7.11 Å². The number of ether oxygens (including phenoxy) is 1. The summed E-state index contributed by atoms with van der Waals surface area (Å²) in [4.78, 5) is 16.9. The topological polar surface area (TPSA) is 87.2 Å². The molecule has 138 valence electrons. The normalized spacial score (nSPS) is 11.2. The molecule has 0 unspecified atom stereocenters. The van der Waals surface area contributed by atoms with Crippen LogP contribution in [0.5, 0.6) is 5.75 Å². The fourth-order valence-corrected chi connectivity index (χ4v) is 4.42. The second kappa shape index (κ2) is 7.12. The smallest absolute Gasteiger partial charge is 0.275 e. The molecule has 8 nitrogen and oxygen atoms in total. The second-order valence-corrected chi connectivity index (χ2v) is 7.79. The zero-order valence-electron chi connectivity index (χ0n) is 14.9. The molecule has 0 saturated carbocycles. The van der Waals surface area contributed by atoms with Gasteiger partial charge in [-0.3, -0.25) is 4.79 Å². The number of thioether (sulfide) groups is 1. The maximum atomic E-state index is 12.0. The highest BCUT2D eigenvalue weighted by molar-refractivity contribution is 7.98. The molecule has 0 radical (unpaired) electrons. The van der Waals surface area contributed by atoms with Gasteiger partial charge in [-0.05, 0) is 31.2 Å². The number of methoxy groups -OCH3 is 1. The highest BCUT2D eigenvalue weighted by Crippen LogP contribution is 2.27. The van der Waals surface area contributed by atoms with Gasteiger partial charge in [-0.15, -0.1) is 10.2 Å². The van der Waals surface area contributed by atoms with Crippen molar-refractivity contribution in [1.29, 1.82) is 0 Å². The summed E-state index contributed by atoms with van der Waals surface area (Å²) in [6.07, 6.45) is 0. The molecule has 0 aliphatic heterocycles. The number of aryl methyl sites for hydroxylation is 1. The van der Waals surface area contributed by atoms with E-state index in [1.165, 1.54) is 33.7 Å². The Hall–Kier alpha value is -2.72. The highest BCUT2D eigenvalue weighted by atomic mass is 32.2. The van der Waals surface area contributed by atoms with Crippen LogP contribution in [0.3, 0.4) is 0 Å². The zero-order chi connectivity index (χ0) is 19.0.